The SMILES string of the molecule is CC1CC(n2cnc3c2CCCC3)CCN1. The summed E-state index contributed by atoms with van der Waals surface area (Å²) in [5.41, 5.74) is 2.91. The van der Waals surface area contributed by atoms with Crippen LogP contribution in [0.15, 0.2) is 6.33 Å². The Morgan fingerprint density at radius 2 is 2.25 bits per heavy atom. The van der Waals surface area contributed by atoms with Crippen LogP contribution in [0.3, 0.4) is 0 Å². The van der Waals surface area contributed by atoms with Gasteiger partial charge in [-0.15, -0.1) is 0 Å². The summed E-state index contributed by atoms with van der Waals surface area (Å²) in [5.74, 6) is 0. The van der Waals surface area contributed by atoms with E-state index < -0.39 is 0 Å². The van der Waals surface area contributed by atoms with Crippen LogP contribution >= 0.6 is 0 Å². The van der Waals surface area contributed by atoms with Gasteiger partial charge in [0.15, 0.2) is 0 Å². The molecule has 1 aromatic heterocycles. The van der Waals surface area contributed by atoms with Crippen LogP contribution in [-0.2, 0) is 12.8 Å². The molecule has 2 unspecified atom stereocenters. The lowest BCUT2D eigenvalue weighted by atomic mass is 9.97. The van der Waals surface area contributed by atoms with Crippen LogP contribution in [-0.4, -0.2) is 22.1 Å². The number of nitrogens with one attached hydrogen (secondary N) is 1. The number of imidazole rings is 1. The molecule has 3 nitrogen and oxygen atoms in total. The van der Waals surface area contributed by atoms with Gasteiger partial charge in [0, 0.05) is 17.8 Å². The predicted molar refractivity (Wildman–Crippen MR) is 64.6 cm³/mol. The molecule has 1 fully saturated rings. The minimum atomic E-state index is 0.653. The van der Waals surface area contributed by atoms with E-state index >= 15 is 0 Å². The molecule has 1 aliphatic heterocycles. The number of hydrogen-bond donors (Lipinski definition) is 1. The third-order valence-electron chi connectivity index (χ3n) is 4.05. The van der Waals surface area contributed by atoms with E-state index in [4.69, 9.17) is 0 Å². The first-order chi connectivity index (χ1) is 7.84. The quantitative estimate of drug-likeness (QED) is 0.783. The average molecular weight is 219 g/mol. The lowest BCUT2D eigenvalue weighted by molar-refractivity contribution is 0.307. The van der Waals surface area contributed by atoms with Crippen molar-refractivity contribution >= 4 is 0 Å². The maximum absolute atomic E-state index is 4.60. The Labute approximate surface area is 97.3 Å². The van der Waals surface area contributed by atoms with Crippen LogP contribution < -0.4 is 5.32 Å². The van der Waals surface area contributed by atoms with Gasteiger partial charge in [0.1, 0.15) is 0 Å². The van der Waals surface area contributed by atoms with Gasteiger partial charge in [-0.25, -0.2) is 4.98 Å². The summed E-state index contributed by atoms with van der Waals surface area (Å²) in [6.07, 6.45) is 9.72. The van der Waals surface area contributed by atoms with Crippen LogP contribution in [0.25, 0.3) is 0 Å². The van der Waals surface area contributed by atoms with E-state index in [0.717, 1.165) is 6.54 Å². The van der Waals surface area contributed by atoms with Crippen molar-refractivity contribution in [3.63, 3.8) is 0 Å². The molecule has 2 heterocycles. The van der Waals surface area contributed by atoms with Crippen molar-refractivity contribution in [3.8, 4) is 0 Å². The Kier molecular flexibility index (Phi) is 2.72. The maximum Gasteiger partial charge on any atom is 0.0954 e. The average Bonchev–Trinajstić information content (AvgIpc) is 2.72. The monoisotopic (exact) mass is 219 g/mol. The Bertz CT molecular complexity index is 369. The summed E-state index contributed by atoms with van der Waals surface area (Å²) in [6.45, 7) is 3.44. The molecule has 3 heteroatoms. The van der Waals surface area contributed by atoms with Gasteiger partial charge in [0.05, 0.1) is 12.0 Å². The topological polar surface area (TPSA) is 29.9 Å². The number of fused-ring (bicyclic) bond motifs is 1. The van der Waals surface area contributed by atoms with Crippen molar-refractivity contribution in [3.05, 3.63) is 17.7 Å². The third-order valence-corrected chi connectivity index (χ3v) is 4.05. The van der Waals surface area contributed by atoms with Gasteiger partial charge in [-0.3, -0.25) is 0 Å². The van der Waals surface area contributed by atoms with E-state index in [9.17, 15) is 0 Å². The van der Waals surface area contributed by atoms with E-state index in [1.165, 1.54) is 49.9 Å². The first kappa shape index (κ1) is 10.3. The molecule has 2 aliphatic rings. The number of aromatic nitrogens is 2. The first-order valence-electron chi connectivity index (χ1n) is 6.62. The van der Waals surface area contributed by atoms with Gasteiger partial charge >= 0.3 is 0 Å². The van der Waals surface area contributed by atoms with Crippen molar-refractivity contribution in [1.82, 2.24) is 14.9 Å². The van der Waals surface area contributed by atoms with Crippen molar-refractivity contribution < 1.29 is 0 Å². The number of rotatable bonds is 1. The predicted octanol–water partition coefficient (Wildman–Crippen LogP) is 2.07. The Balaban J connectivity index is 1.85. The van der Waals surface area contributed by atoms with Crippen molar-refractivity contribution in [2.45, 2.75) is 57.5 Å². The van der Waals surface area contributed by atoms with Crippen LogP contribution in [0.5, 0.6) is 0 Å². The standard InChI is InChI=1S/C13H21N3/c1-10-8-11(6-7-14-10)16-9-15-12-4-2-3-5-13(12)16/h9-11,14H,2-8H2,1H3. The molecular formula is C13H21N3. The molecule has 0 bridgehead atoms. The molecule has 1 saturated heterocycles. The summed E-state index contributed by atoms with van der Waals surface area (Å²) < 4.78 is 2.48. The van der Waals surface area contributed by atoms with Crippen LogP contribution in [0.2, 0.25) is 0 Å². The zero-order valence-electron chi connectivity index (χ0n) is 10.1. The second kappa shape index (κ2) is 4.21. The molecule has 2 atom stereocenters. The van der Waals surface area contributed by atoms with Crippen molar-refractivity contribution in [2.24, 2.45) is 0 Å². The summed E-state index contributed by atoms with van der Waals surface area (Å²) >= 11 is 0. The highest BCUT2D eigenvalue weighted by molar-refractivity contribution is 5.17. The van der Waals surface area contributed by atoms with E-state index in [2.05, 4.69) is 28.1 Å². The second-order valence-corrected chi connectivity index (χ2v) is 5.29. The van der Waals surface area contributed by atoms with Gasteiger partial charge < -0.3 is 9.88 Å². The number of nitrogens with zero attached hydrogens (tertiary/aromatic N) is 2. The van der Waals surface area contributed by atoms with Gasteiger partial charge in [0.2, 0.25) is 0 Å². The van der Waals surface area contributed by atoms with E-state index in [-0.39, 0.29) is 0 Å². The molecule has 0 spiro atoms. The van der Waals surface area contributed by atoms with Gasteiger partial charge in [0.25, 0.3) is 0 Å². The second-order valence-electron chi connectivity index (χ2n) is 5.29. The summed E-state index contributed by atoms with van der Waals surface area (Å²) in [6, 6.07) is 1.34. The minimum Gasteiger partial charge on any atom is -0.331 e. The molecule has 0 aromatic carbocycles. The molecule has 1 N–H and O–H groups in total. The lowest BCUT2D eigenvalue weighted by Gasteiger charge is -2.30. The molecule has 0 saturated carbocycles. The smallest absolute Gasteiger partial charge is 0.0954 e. The van der Waals surface area contributed by atoms with E-state index in [1.807, 2.05) is 0 Å². The van der Waals surface area contributed by atoms with Crippen LogP contribution in [0, 0.1) is 0 Å². The van der Waals surface area contributed by atoms with Crippen molar-refractivity contribution in [2.75, 3.05) is 6.54 Å². The number of piperidine rings is 1. The van der Waals surface area contributed by atoms with Crippen LogP contribution in [0.1, 0.15) is 50.0 Å². The number of aryl methyl sites for hydroxylation is 1. The zero-order valence-corrected chi connectivity index (χ0v) is 10.1. The molecule has 88 valence electrons. The zero-order chi connectivity index (χ0) is 11.0. The Morgan fingerprint density at radius 1 is 1.38 bits per heavy atom. The molecule has 1 aliphatic carbocycles. The molecular weight excluding hydrogens is 198 g/mol. The molecule has 16 heavy (non-hydrogen) atoms. The fourth-order valence-corrected chi connectivity index (χ4v) is 3.17. The highest BCUT2D eigenvalue weighted by Crippen LogP contribution is 2.28. The largest absolute Gasteiger partial charge is 0.331 e. The normalized spacial score (nSPS) is 30.1. The van der Waals surface area contributed by atoms with Crippen LogP contribution in [0.4, 0.5) is 0 Å². The fourth-order valence-electron chi connectivity index (χ4n) is 3.17. The molecule has 1 aromatic rings. The van der Waals surface area contributed by atoms with E-state index in [0.29, 0.717) is 12.1 Å². The third kappa shape index (κ3) is 1.77. The minimum absolute atomic E-state index is 0.653. The Hall–Kier alpha value is -0.830. The fraction of sp³-hybridized carbons (Fsp3) is 0.769. The first-order valence-corrected chi connectivity index (χ1v) is 6.62. The number of hydrogen-bond acceptors (Lipinski definition) is 2. The van der Waals surface area contributed by atoms with Crippen molar-refractivity contribution in [1.29, 1.82) is 0 Å². The summed E-state index contributed by atoms with van der Waals surface area (Å²) in [5, 5.41) is 3.52. The highest BCUT2D eigenvalue weighted by Gasteiger charge is 2.24. The summed E-state index contributed by atoms with van der Waals surface area (Å²) in [4.78, 5) is 4.60. The van der Waals surface area contributed by atoms with Gasteiger partial charge in [-0.1, -0.05) is 0 Å². The lowest BCUT2D eigenvalue weighted by Crippen LogP contribution is -2.37. The van der Waals surface area contributed by atoms with Gasteiger partial charge in [-0.2, -0.15) is 0 Å². The maximum atomic E-state index is 4.60. The molecule has 3 rings (SSSR count). The highest BCUT2D eigenvalue weighted by atomic mass is 15.1. The molecule has 0 radical (unpaired) electrons. The van der Waals surface area contributed by atoms with E-state index in [1.54, 1.807) is 0 Å². The molecule has 0 amide bonds. The Morgan fingerprint density at radius 3 is 3.12 bits per heavy atom. The summed E-state index contributed by atoms with van der Waals surface area (Å²) in [7, 11) is 0. The van der Waals surface area contributed by atoms with Gasteiger partial charge in [-0.05, 0) is 52.0 Å².